The maximum atomic E-state index is 12.5. The van der Waals surface area contributed by atoms with Crippen molar-refractivity contribution in [2.24, 2.45) is 11.8 Å². The zero-order valence-corrected chi connectivity index (χ0v) is 12.2. The fourth-order valence-corrected chi connectivity index (χ4v) is 3.45. The first-order valence-corrected chi connectivity index (χ1v) is 7.52. The van der Waals surface area contributed by atoms with Crippen LogP contribution in [0.2, 0.25) is 0 Å². The van der Waals surface area contributed by atoms with Crippen molar-refractivity contribution in [1.82, 2.24) is 19.9 Å². The topological polar surface area (TPSA) is 62.2 Å². The first-order valence-electron chi connectivity index (χ1n) is 7.52. The van der Waals surface area contributed by atoms with Crippen molar-refractivity contribution < 1.29 is 4.79 Å². The molecule has 0 radical (unpaired) electrons. The van der Waals surface area contributed by atoms with Crippen molar-refractivity contribution >= 4 is 11.9 Å². The second kappa shape index (κ2) is 5.36. The fourth-order valence-electron chi connectivity index (χ4n) is 3.45. The summed E-state index contributed by atoms with van der Waals surface area (Å²) in [4.78, 5) is 29.3. The van der Waals surface area contributed by atoms with E-state index in [0.717, 1.165) is 32.1 Å². The quantitative estimate of drug-likeness (QED) is 0.829. The maximum Gasteiger partial charge on any atom is 0.255 e. The molecular formula is C16H17N5O. The number of carbonyl (C=O) groups excluding carboxylic acids is 1. The summed E-state index contributed by atoms with van der Waals surface area (Å²) >= 11 is 0. The molecule has 1 amide bonds. The molecule has 4 heterocycles. The van der Waals surface area contributed by atoms with E-state index >= 15 is 0 Å². The lowest BCUT2D eigenvalue weighted by molar-refractivity contribution is 0.0782. The van der Waals surface area contributed by atoms with Crippen LogP contribution in [0.5, 0.6) is 0 Å². The Balaban J connectivity index is 1.43. The summed E-state index contributed by atoms with van der Waals surface area (Å²) in [6.45, 7) is 3.46. The summed E-state index contributed by atoms with van der Waals surface area (Å²) in [5.74, 6) is 1.89. The lowest BCUT2D eigenvalue weighted by Crippen LogP contribution is -2.33. The number of hydrogen-bond acceptors (Lipinski definition) is 5. The van der Waals surface area contributed by atoms with Gasteiger partial charge in [-0.2, -0.15) is 0 Å². The Labute approximate surface area is 128 Å². The second-order valence-corrected chi connectivity index (χ2v) is 5.93. The van der Waals surface area contributed by atoms with E-state index < -0.39 is 0 Å². The van der Waals surface area contributed by atoms with Crippen molar-refractivity contribution in [3.63, 3.8) is 0 Å². The highest BCUT2D eigenvalue weighted by Gasteiger charge is 2.42. The smallest absolute Gasteiger partial charge is 0.255 e. The zero-order chi connectivity index (χ0) is 14.9. The second-order valence-electron chi connectivity index (χ2n) is 5.93. The first-order chi connectivity index (χ1) is 10.8. The van der Waals surface area contributed by atoms with Crippen molar-refractivity contribution in [3.05, 3.63) is 48.5 Å². The van der Waals surface area contributed by atoms with E-state index in [-0.39, 0.29) is 5.91 Å². The molecule has 0 saturated carbocycles. The molecule has 6 heteroatoms. The van der Waals surface area contributed by atoms with Gasteiger partial charge in [0.2, 0.25) is 5.95 Å². The highest BCUT2D eigenvalue weighted by Crippen LogP contribution is 2.33. The van der Waals surface area contributed by atoms with Crippen LogP contribution in [0, 0.1) is 11.8 Å². The molecule has 0 spiro atoms. The average Bonchev–Trinajstić information content (AvgIpc) is 3.15. The van der Waals surface area contributed by atoms with Gasteiger partial charge in [-0.25, -0.2) is 9.97 Å². The molecule has 22 heavy (non-hydrogen) atoms. The van der Waals surface area contributed by atoms with Crippen LogP contribution in [0.15, 0.2) is 43.0 Å². The van der Waals surface area contributed by atoms with Crippen LogP contribution in [0.4, 0.5) is 5.95 Å². The number of fused-ring (bicyclic) bond motifs is 1. The van der Waals surface area contributed by atoms with E-state index in [1.165, 1.54) is 0 Å². The molecule has 6 nitrogen and oxygen atoms in total. The number of aromatic nitrogens is 3. The van der Waals surface area contributed by atoms with Crippen LogP contribution in [-0.4, -0.2) is 51.9 Å². The summed E-state index contributed by atoms with van der Waals surface area (Å²) in [6.07, 6.45) is 6.87. The number of hydrogen-bond donors (Lipinski definition) is 0. The molecule has 112 valence electrons. The maximum absolute atomic E-state index is 12.5. The minimum Gasteiger partial charge on any atom is -0.340 e. The molecule has 2 atom stereocenters. The third kappa shape index (κ3) is 2.30. The standard InChI is InChI=1S/C16H17N5O/c22-15(12-3-1-4-17-7-12)20-8-13-10-21(11-14(13)9-20)16-18-5-2-6-19-16/h1-7,13-14H,8-11H2/t13-,14-/m1/s1. The van der Waals surface area contributed by atoms with Crippen LogP contribution in [0.3, 0.4) is 0 Å². The van der Waals surface area contributed by atoms with E-state index in [1.54, 1.807) is 30.9 Å². The van der Waals surface area contributed by atoms with Crippen molar-refractivity contribution in [2.45, 2.75) is 0 Å². The minimum absolute atomic E-state index is 0.0880. The van der Waals surface area contributed by atoms with Gasteiger partial charge in [0.1, 0.15) is 0 Å². The molecule has 0 aliphatic carbocycles. The van der Waals surface area contributed by atoms with Gasteiger partial charge in [-0.15, -0.1) is 0 Å². The molecule has 0 N–H and O–H groups in total. The van der Waals surface area contributed by atoms with E-state index in [9.17, 15) is 4.79 Å². The molecule has 4 rings (SSSR count). The largest absolute Gasteiger partial charge is 0.340 e. The van der Waals surface area contributed by atoms with Gasteiger partial charge < -0.3 is 9.80 Å². The van der Waals surface area contributed by atoms with Gasteiger partial charge >= 0.3 is 0 Å². The number of pyridine rings is 1. The summed E-state index contributed by atoms with van der Waals surface area (Å²) in [7, 11) is 0. The van der Waals surface area contributed by atoms with Crippen LogP contribution in [0.1, 0.15) is 10.4 Å². The normalized spacial score (nSPS) is 23.6. The lowest BCUT2D eigenvalue weighted by Gasteiger charge is -2.21. The van der Waals surface area contributed by atoms with Crippen molar-refractivity contribution in [2.75, 3.05) is 31.1 Å². The SMILES string of the molecule is O=C(c1cccnc1)N1C[C@@H]2CN(c3ncccn3)C[C@H]2C1. The Morgan fingerprint density at radius 1 is 1.00 bits per heavy atom. The molecule has 0 bridgehead atoms. The number of amides is 1. The summed E-state index contributed by atoms with van der Waals surface area (Å²) in [6, 6.07) is 5.46. The summed E-state index contributed by atoms with van der Waals surface area (Å²) in [5, 5.41) is 0. The van der Waals surface area contributed by atoms with Gasteiger partial charge in [0.05, 0.1) is 5.56 Å². The summed E-state index contributed by atoms with van der Waals surface area (Å²) < 4.78 is 0. The third-order valence-electron chi connectivity index (χ3n) is 4.52. The Kier molecular flexibility index (Phi) is 3.21. The molecule has 2 aromatic heterocycles. The molecular weight excluding hydrogens is 278 g/mol. The van der Waals surface area contributed by atoms with Crippen LogP contribution in [-0.2, 0) is 0 Å². The van der Waals surface area contributed by atoms with Gasteiger partial charge in [0.15, 0.2) is 0 Å². The van der Waals surface area contributed by atoms with Gasteiger partial charge in [-0.05, 0) is 18.2 Å². The highest BCUT2D eigenvalue weighted by molar-refractivity contribution is 5.94. The molecule has 2 saturated heterocycles. The monoisotopic (exact) mass is 295 g/mol. The van der Waals surface area contributed by atoms with Crippen LogP contribution >= 0.6 is 0 Å². The molecule has 2 aromatic rings. The van der Waals surface area contributed by atoms with Gasteiger partial charge in [0, 0.05) is 62.8 Å². The number of carbonyl (C=O) groups is 1. The van der Waals surface area contributed by atoms with E-state index in [4.69, 9.17) is 0 Å². The van der Waals surface area contributed by atoms with Gasteiger partial charge in [0.25, 0.3) is 5.91 Å². The van der Waals surface area contributed by atoms with E-state index in [2.05, 4.69) is 19.9 Å². The zero-order valence-electron chi connectivity index (χ0n) is 12.2. The predicted octanol–water partition coefficient (Wildman–Crippen LogP) is 1.08. The molecule has 2 fully saturated rings. The van der Waals surface area contributed by atoms with Crippen molar-refractivity contribution in [1.29, 1.82) is 0 Å². The Morgan fingerprint density at radius 3 is 2.36 bits per heavy atom. The summed E-state index contributed by atoms with van der Waals surface area (Å²) in [5.41, 5.74) is 0.672. The van der Waals surface area contributed by atoms with Gasteiger partial charge in [-0.1, -0.05) is 0 Å². The van der Waals surface area contributed by atoms with Crippen LogP contribution in [0.25, 0.3) is 0 Å². The number of likely N-dealkylation sites (tertiary alicyclic amines) is 1. The Bertz CT molecular complexity index is 649. The number of anilines is 1. The van der Waals surface area contributed by atoms with E-state index in [0.29, 0.717) is 17.4 Å². The first kappa shape index (κ1) is 13.2. The average molecular weight is 295 g/mol. The van der Waals surface area contributed by atoms with E-state index in [1.807, 2.05) is 17.0 Å². The number of rotatable bonds is 2. The third-order valence-corrected chi connectivity index (χ3v) is 4.52. The molecule has 2 aliphatic heterocycles. The molecule has 0 unspecified atom stereocenters. The van der Waals surface area contributed by atoms with Gasteiger partial charge in [-0.3, -0.25) is 9.78 Å². The van der Waals surface area contributed by atoms with Crippen LogP contribution < -0.4 is 4.90 Å². The molecule has 0 aromatic carbocycles. The minimum atomic E-state index is 0.0880. The number of nitrogens with zero attached hydrogens (tertiary/aromatic N) is 5. The fraction of sp³-hybridized carbons (Fsp3) is 0.375. The van der Waals surface area contributed by atoms with Crippen molar-refractivity contribution in [3.8, 4) is 0 Å². The Hall–Kier alpha value is -2.50. The Morgan fingerprint density at radius 2 is 1.73 bits per heavy atom. The lowest BCUT2D eigenvalue weighted by atomic mass is 10.0. The predicted molar refractivity (Wildman–Crippen MR) is 81.4 cm³/mol. The molecule has 2 aliphatic rings. The highest BCUT2D eigenvalue weighted by atomic mass is 16.2.